The van der Waals surface area contributed by atoms with E-state index >= 15 is 0 Å². The highest BCUT2D eigenvalue weighted by Crippen LogP contribution is 1.81. The SMILES string of the molecule is [B]c1ccnnc1N. The van der Waals surface area contributed by atoms with Crippen molar-refractivity contribution in [1.29, 1.82) is 0 Å². The predicted molar refractivity (Wildman–Crippen MR) is 31.8 cm³/mol. The van der Waals surface area contributed by atoms with Crippen LogP contribution in [-0.4, -0.2) is 18.0 Å². The Bertz CT molecular complexity index is 167. The number of aromatic nitrogens is 2. The molecule has 1 aromatic rings. The lowest BCUT2D eigenvalue weighted by Gasteiger charge is -1.91. The van der Waals surface area contributed by atoms with E-state index in [0.29, 0.717) is 5.46 Å². The molecule has 1 heterocycles. The third-order valence-electron chi connectivity index (χ3n) is 0.782. The molecule has 0 bridgehead atoms. The van der Waals surface area contributed by atoms with E-state index in [-0.39, 0.29) is 5.82 Å². The van der Waals surface area contributed by atoms with Gasteiger partial charge < -0.3 is 5.73 Å². The zero-order valence-corrected chi connectivity index (χ0v) is 4.20. The number of nitrogens with zero attached hydrogens (tertiary/aromatic N) is 2. The molecule has 3 nitrogen and oxygen atoms in total. The molecule has 0 aliphatic heterocycles. The third kappa shape index (κ3) is 0.778. The maximum absolute atomic E-state index is 5.29. The predicted octanol–water partition coefficient (Wildman–Crippen LogP) is -1.15. The van der Waals surface area contributed by atoms with Gasteiger partial charge in [-0.1, -0.05) is 5.46 Å². The van der Waals surface area contributed by atoms with Crippen LogP contribution in [0.5, 0.6) is 0 Å². The second-order valence-corrected chi connectivity index (χ2v) is 1.37. The van der Waals surface area contributed by atoms with Gasteiger partial charge in [0.25, 0.3) is 0 Å². The number of hydrogen-bond donors (Lipinski definition) is 1. The Morgan fingerprint density at radius 2 is 2.38 bits per heavy atom. The molecule has 0 saturated heterocycles. The van der Waals surface area contributed by atoms with Gasteiger partial charge in [0.15, 0.2) is 0 Å². The van der Waals surface area contributed by atoms with Gasteiger partial charge in [0, 0.05) is 6.20 Å². The normalized spacial score (nSPS) is 9.00. The summed E-state index contributed by atoms with van der Waals surface area (Å²) >= 11 is 0. The summed E-state index contributed by atoms with van der Waals surface area (Å²) in [5.41, 5.74) is 5.69. The van der Waals surface area contributed by atoms with Crippen LogP contribution in [0.2, 0.25) is 0 Å². The highest BCUT2D eigenvalue weighted by atomic mass is 15.1. The van der Waals surface area contributed by atoms with Gasteiger partial charge in [0.05, 0.1) is 0 Å². The lowest BCUT2D eigenvalue weighted by atomic mass is 9.98. The van der Waals surface area contributed by atoms with Crippen molar-refractivity contribution in [2.45, 2.75) is 0 Å². The van der Waals surface area contributed by atoms with Crippen molar-refractivity contribution in [1.82, 2.24) is 10.2 Å². The largest absolute Gasteiger partial charge is 0.383 e. The topological polar surface area (TPSA) is 51.8 Å². The zero-order chi connectivity index (χ0) is 5.98. The van der Waals surface area contributed by atoms with Crippen LogP contribution in [0.3, 0.4) is 0 Å². The van der Waals surface area contributed by atoms with E-state index in [4.69, 9.17) is 13.6 Å². The van der Waals surface area contributed by atoms with E-state index in [0.717, 1.165) is 0 Å². The first-order chi connectivity index (χ1) is 3.80. The van der Waals surface area contributed by atoms with E-state index in [1.807, 2.05) is 0 Å². The number of hydrogen-bond acceptors (Lipinski definition) is 3. The smallest absolute Gasteiger partial charge is 0.138 e. The lowest BCUT2D eigenvalue weighted by Crippen LogP contribution is -2.11. The van der Waals surface area contributed by atoms with Crippen molar-refractivity contribution in [2.24, 2.45) is 0 Å². The van der Waals surface area contributed by atoms with Crippen molar-refractivity contribution in [3.8, 4) is 0 Å². The minimum absolute atomic E-state index is 0.285. The van der Waals surface area contributed by atoms with Gasteiger partial charge >= 0.3 is 0 Å². The van der Waals surface area contributed by atoms with Crippen molar-refractivity contribution in [3.63, 3.8) is 0 Å². The van der Waals surface area contributed by atoms with Crippen LogP contribution in [0.25, 0.3) is 0 Å². The zero-order valence-electron chi connectivity index (χ0n) is 4.20. The van der Waals surface area contributed by atoms with Crippen LogP contribution in [0.15, 0.2) is 12.3 Å². The van der Waals surface area contributed by atoms with Gasteiger partial charge in [-0.25, -0.2) is 0 Å². The van der Waals surface area contributed by atoms with Gasteiger partial charge in [0.1, 0.15) is 13.7 Å². The molecule has 0 amide bonds. The molecule has 8 heavy (non-hydrogen) atoms. The summed E-state index contributed by atoms with van der Waals surface area (Å²) in [7, 11) is 5.29. The summed E-state index contributed by atoms with van der Waals surface area (Å²) in [6, 6.07) is 1.60. The first-order valence-corrected chi connectivity index (χ1v) is 2.13. The quantitative estimate of drug-likeness (QED) is 0.424. The highest BCUT2D eigenvalue weighted by Gasteiger charge is 1.87. The Balaban J connectivity index is 3.13. The van der Waals surface area contributed by atoms with Gasteiger partial charge in [0.2, 0.25) is 0 Å². The average molecular weight is 105 g/mol. The van der Waals surface area contributed by atoms with Crippen molar-refractivity contribution >= 4 is 19.1 Å². The van der Waals surface area contributed by atoms with Crippen molar-refractivity contribution < 1.29 is 0 Å². The Labute approximate surface area is 48.3 Å². The van der Waals surface area contributed by atoms with E-state index in [9.17, 15) is 0 Å². The van der Waals surface area contributed by atoms with E-state index in [1.54, 1.807) is 6.07 Å². The van der Waals surface area contributed by atoms with Gasteiger partial charge in [-0.15, -0.1) is 5.10 Å². The van der Waals surface area contributed by atoms with Gasteiger partial charge in [-0.05, 0) is 6.07 Å². The Kier molecular flexibility index (Phi) is 1.16. The number of rotatable bonds is 0. The molecule has 2 N–H and O–H groups in total. The second-order valence-electron chi connectivity index (χ2n) is 1.37. The summed E-state index contributed by atoms with van der Waals surface area (Å²) in [5, 5.41) is 6.97. The van der Waals surface area contributed by atoms with E-state index in [2.05, 4.69) is 10.2 Å². The molecule has 4 heteroatoms. The average Bonchev–Trinajstić information content (AvgIpc) is 1.77. The molecule has 38 valence electrons. The first-order valence-electron chi connectivity index (χ1n) is 2.13. The molecule has 0 atom stereocenters. The Morgan fingerprint density at radius 3 is 2.75 bits per heavy atom. The number of anilines is 1. The summed E-state index contributed by atoms with van der Waals surface area (Å²) in [4.78, 5) is 0. The Hall–Kier alpha value is -1.06. The van der Waals surface area contributed by atoms with Crippen molar-refractivity contribution in [2.75, 3.05) is 5.73 Å². The highest BCUT2D eigenvalue weighted by molar-refractivity contribution is 6.35. The fourth-order valence-corrected chi connectivity index (χ4v) is 0.352. The Morgan fingerprint density at radius 1 is 1.62 bits per heavy atom. The van der Waals surface area contributed by atoms with Crippen LogP contribution in [0, 0.1) is 0 Å². The van der Waals surface area contributed by atoms with Crippen LogP contribution in [-0.2, 0) is 0 Å². The first kappa shape index (κ1) is 5.09. The molecule has 0 aromatic carbocycles. The number of nitrogen functional groups attached to an aromatic ring is 1. The van der Waals surface area contributed by atoms with Gasteiger partial charge in [-0.2, -0.15) is 5.10 Å². The lowest BCUT2D eigenvalue weighted by molar-refractivity contribution is 1.05. The molecular weight excluding hydrogens is 101 g/mol. The molecule has 0 unspecified atom stereocenters. The molecule has 0 saturated carbocycles. The van der Waals surface area contributed by atoms with Crippen LogP contribution in [0.1, 0.15) is 0 Å². The molecule has 0 aliphatic carbocycles. The molecular formula is C4H4BN3. The fraction of sp³-hybridized carbons (Fsp3) is 0. The summed E-state index contributed by atoms with van der Waals surface area (Å²) in [6.07, 6.45) is 1.49. The van der Waals surface area contributed by atoms with Crippen LogP contribution in [0.4, 0.5) is 5.82 Å². The molecule has 0 aliphatic rings. The van der Waals surface area contributed by atoms with E-state index in [1.165, 1.54) is 6.20 Å². The summed E-state index contributed by atoms with van der Waals surface area (Å²) < 4.78 is 0. The molecule has 2 radical (unpaired) electrons. The maximum atomic E-state index is 5.29. The third-order valence-corrected chi connectivity index (χ3v) is 0.782. The minimum Gasteiger partial charge on any atom is -0.383 e. The summed E-state index contributed by atoms with van der Waals surface area (Å²) in [6.45, 7) is 0. The number of nitrogens with two attached hydrogens (primary N) is 1. The minimum atomic E-state index is 0.285. The summed E-state index contributed by atoms with van der Waals surface area (Å²) in [5.74, 6) is 0.285. The maximum Gasteiger partial charge on any atom is 0.138 e. The second kappa shape index (κ2) is 1.82. The molecule has 0 spiro atoms. The van der Waals surface area contributed by atoms with Gasteiger partial charge in [-0.3, -0.25) is 0 Å². The molecule has 1 aromatic heterocycles. The van der Waals surface area contributed by atoms with Crippen molar-refractivity contribution in [3.05, 3.63) is 12.3 Å². The monoisotopic (exact) mass is 105 g/mol. The van der Waals surface area contributed by atoms with E-state index < -0.39 is 0 Å². The fourth-order valence-electron chi connectivity index (χ4n) is 0.352. The van der Waals surface area contributed by atoms with Crippen LogP contribution < -0.4 is 11.2 Å². The standard InChI is InChI=1S/C4H4BN3/c5-3-1-2-7-8-4(3)6/h1-2H,(H2,6,8). The molecule has 0 fully saturated rings. The van der Waals surface area contributed by atoms with Crippen LogP contribution >= 0.6 is 0 Å². The molecule has 1 rings (SSSR count).